The lowest BCUT2D eigenvalue weighted by atomic mass is 10.2. The van der Waals surface area contributed by atoms with Crippen molar-refractivity contribution < 1.29 is 4.79 Å². The Kier molecular flexibility index (Phi) is 5.62. The Balaban J connectivity index is 2.33. The molecule has 0 radical (unpaired) electrons. The highest BCUT2D eigenvalue weighted by molar-refractivity contribution is 7.14. The summed E-state index contributed by atoms with van der Waals surface area (Å²) in [4.78, 5) is 18.3. The number of halogens is 2. The molecule has 2 aromatic rings. The molecule has 0 N–H and O–H groups in total. The van der Waals surface area contributed by atoms with Crippen molar-refractivity contribution in [2.45, 2.75) is 26.7 Å². The molecule has 0 aliphatic rings. The zero-order chi connectivity index (χ0) is 15.4. The molecule has 21 heavy (non-hydrogen) atoms. The Hall–Kier alpha value is -1.10. The normalized spacial score (nSPS) is 10.7. The van der Waals surface area contributed by atoms with Crippen molar-refractivity contribution in [2.24, 2.45) is 0 Å². The van der Waals surface area contributed by atoms with Crippen molar-refractivity contribution in [3.8, 4) is 11.3 Å². The molecule has 2 rings (SSSR count). The van der Waals surface area contributed by atoms with Crippen molar-refractivity contribution >= 4 is 45.6 Å². The van der Waals surface area contributed by atoms with Crippen LogP contribution in [0.2, 0.25) is 10.0 Å². The lowest BCUT2D eigenvalue weighted by Gasteiger charge is -2.18. The molecule has 0 spiro atoms. The molecule has 1 aromatic heterocycles. The molecule has 1 heterocycles. The summed E-state index contributed by atoms with van der Waals surface area (Å²) in [7, 11) is 0. The van der Waals surface area contributed by atoms with Gasteiger partial charge in [0, 0.05) is 28.9 Å². The number of nitrogens with zero attached hydrogens (tertiary/aromatic N) is 2. The fourth-order valence-corrected chi connectivity index (χ4v) is 3.32. The smallest absolute Gasteiger partial charge is 0.228 e. The number of amides is 1. The van der Waals surface area contributed by atoms with Crippen LogP contribution in [-0.2, 0) is 4.79 Å². The average molecular weight is 343 g/mol. The Labute approximate surface area is 138 Å². The minimum Gasteiger partial charge on any atom is -0.288 e. The molecule has 0 unspecified atom stereocenters. The van der Waals surface area contributed by atoms with Gasteiger partial charge in [0.1, 0.15) is 0 Å². The highest BCUT2D eigenvalue weighted by Gasteiger charge is 2.17. The first-order valence-electron chi connectivity index (χ1n) is 6.78. The van der Waals surface area contributed by atoms with Gasteiger partial charge in [0.2, 0.25) is 5.91 Å². The van der Waals surface area contributed by atoms with Crippen LogP contribution in [0.15, 0.2) is 23.6 Å². The third-order valence-electron chi connectivity index (χ3n) is 2.98. The highest BCUT2D eigenvalue weighted by Crippen LogP contribution is 2.33. The second-order valence-electron chi connectivity index (χ2n) is 4.54. The van der Waals surface area contributed by atoms with Crippen molar-refractivity contribution in [2.75, 3.05) is 11.4 Å². The van der Waals surface area contributed by atoms with Crippen molar-refractivity contribution in [3.05, 3.63) is 33.6 Å². The first kappa shape index (κ1) is 16.3. The third kappa shape index (κ3) is 3.76. The van der Waals surface area contributed by atoms with Crippen LogP contribution in [0.1, 0.15) is 26.7 Å². The fraction of sp³-hybridized carbons (Fsp3) is 0.333. The zero-order valence-corrected chi connectivity index (χ0v) is 14.2. The molecule has 0 saturated heterocycles. The van der Waals surface area contributed by atoms with Gasteiger partial charge in [0.05, 0.1) is 10.7 Å². The summed E-state index contributed by atoms with van der Waals surface area (Å²) >= 11 is 13.6. The lowest BCUT2D eigenvalue weighted by Crippen LogP contribution is -2.30. The van der Waals surface area contributed by atoms with E-state index in [1.807, 2.05) is 25.3 Å². The minimum atomic E-state index is 0.0833. The van der Waals surface area contributed by atoms with E-state index in [1.165, 1.54) is 11.3 Å². The van der Waals surface area contributed by atoms with E-state index >= 15 is 0 Å². The number of aromatic nitrogens is 1. The standard InChI is InChI=1S/C15H16Cl2N2OS/c1-3-7-19(14(20)4-2)15-18-13(9-21-15)11-6-5-10(16)8-12(11)17/h5-6,8-9H,3-4,7H2,1-2H3. The SMILES string of the molecule is CCCN(C(=O)CC)c1nc(-c2ccc(Cl)cc2Cl)cs1. The van der Waals surface area contributed by atoms with Gasteiger partial charge in [0.15, 0.2) is 5.13 Å². The number of carbonyl (C=O) groups is 1. The number of anilines is 1. The number of hydrogen-bond acceptors (Lipinski definition) is 3. The highest BCUT2D eigenvalue weighted by atomic mass is 35.5. The Morgan fingerprint density at radius 3 is 2.71 bits per heavy atom. The van der Waals surface area contributed by atoms with E-state index in [4.69, 9.17) is 23.2 Å². The number of carbonyl (C=O) groups excluding carboxylic acids is 1. The van der Waals surface area contributed by atoms with Crippen LogP contribution in [0.25, 0.3) is 11.3 Å². The van der Waals surface area contributed by atoms with Crippen LogP contribution in [0.5, 0.6) is 0 Å². The van der Waals surface area contributed by atoms with E-state index in [2.05, 4.69) is 4.98 Å². The maximum atomic E-state index is 12.0. The zero-order valence-electron chi connectivity index (χ0n) is 11.9. The van der Waals surface area contributed by atoms with E-state index in [1.54, 1.807) is 17.0 Å². The number of benzene rings is 1. The quantitative estimate of drug-likeness (QED) is 0.741. The number of rotatable bonds is 5. The maximum absolute atomic E-state index is 12.0. The molecule has 0 saturated carbocycles. The molecule has 3 nitrogen and oxygen atoms in total. The predicted molar refractivity (Wildman–Crippen MR) is 90.5 cm³/mol. The second kappa shape index (κ2) is 7.25. The van der Waals surface area contributed by atoms with Crippen molar-refractivity contribution in [1.82, 2.24) is 4.98 Å². The van der Waals surface area contributed by atoms with E-state index in [0.29, 0.717) is 28.1 Å². The summed E-state index contributed by atoms with van der Waals surface area (Å²) in [5.74, 6) is 0.0833. The van der Waals surface area contributed by atoms with E-state index in [9.17, 15) is 4.79 Å². The second-order valence-corrected chi connectivity index (χ2v) is 6.22. The molecular weight excluding hydrogens is 327 g/mol. The van der Waals surface area contributed by atoms with Crippen LogP contribution in [0.3, 0.4) is 0 Å². The monoisotopic (exact) mass is 342 g/mol. The molecular formula is C15H16Cl2N2OS. The van der Waals surface area contributed by atoms with Gasteiger partial charge in [-0.05, 0) is 24.6 Å². The molecule has 0 aliphatic heterocycles. The topological polar surface area (TPSA) is 33.2 Å². The van der Waals surface area contributed by atoms with Crippen LogP contribution in [0.4, 0.5) is 5.13 Å². The minimum absolute atomic E-state index is 0.0833. The van der Waals surface area contributed by atoms with Gasteiger partial charge >= 0.3 is 0 Å². The predicted octanol–water partition coefficient (Wildman–Crippen LogP) is 5.27. The van der Waals surface area contributed by atoms with E-state index in [0.717, 1.165) is 17.7 Å². The van der Waals surface area contributed by atoms with Crippen LogP contribution in [0, 0.1) is 0 Å². The number of thiazole rings is 1. The molecule has 0 aliphatic carbocycles. The first-order valence-corrected chi connectivity index (χ1v) is 8.41. The van der Waals surface area contributed by atoms with Gasteiger partial charge in [-0.25, -0.2) is 4.98 Å². The molecule has 6 heteroatoms. The summed E-state index contributed by atoms with van der Waals surface area (Å²) in [6, 6.07) is 5.32. The summed E-state index contributed by atoms with van der Waals surface area (Å²) in [6.07, 6.45) is 1.36. The van der Waals surface area contributed by atoms with Crippen LogP contribution in [-0.4, -0.2) is 17.4 Å². The molecule has 0 atom stereocenters. The van der Waals surface area contributed by atoms with Crippen molar-refractivity contribution in [3.63, 3.8) is 0 Å². The van der Waals surface area contributed by atoms with Crippen LogP contribution < -0.4 is 4.90 Å². The Morgan fingerprint density at radius 1 is 1.33 bits per heavy atom. The molecule has 112 valence electrons. The largest absolute Gasteiger partial charge is 0.288 e. The van der Waals surface area contributed by atoms with Gasteiger partial charge in [-0.2, -0.15) is 0 Å². The van der Waals surface area contributed by atoms with Crippen molar-refractivity contribution in [1.29, 1.82) is 0 Å². The van der Waals surface area contributed by atoms with Crippen LogP contribution >= 0.6 is 34.5 Å². The average Bonchev–Trinajstić information content (AvgIpc) is 2.93. The maximum Gasteiger partial charge on any atom is 0.228 e. The van der Waals surface area contributed by atoms with Gasteiger partial charge < -0.3 is 0 Å². The van der Waals surface area contributed by atoms with Gasteiger partial charge in [-0.3, -0.25) is 9.69 Å². The summed E-state index contributed by atoms with van der Waals surface area (Å²) in [5, 5.41) is 3.77. The summed E-state index contributed by atoms with van der Waals surface area (Å²) in [6.45, 7) is 4.57. The summed E-state index contributed by atoms with van der Waals surface area (Å²) < 4.78 is 0. The summed E-state index contributed by atoms with van der Waals surface area (Å²) in [5.41, 5.74) is 1.59. The Morgan fingerprint density at radius 2 is 2.10 bits per heavy atom. The number of hydrogen-bond donors (Lipinski definition) is 0. The van der Waals surface area contributed by atoms with Gasteiger partial charge in [-0.1, -0.05) is 37.0 Å². The van der Waals surface area contributed by atoms with E-state index in [-0.39, 0.29) is 5.91 Å². The van der Waals surface area contributed by atoms with E-state index < -0.39 is 0 Å². The molecule has 1 aromatic carbocycles. The molecule has 0 bridgehead atoms. The third-order valence-corrected chi connectivity index (χ3v) is 4.39. The molecule has 1 amide bonds. The first-order chi connectivity index (χ1) is 10.1. The fourth-order valence-electron chi connectivity index (χ4n) is 1.95. The lowest BCUT2D eigenvalue weighted by molar-refractivity contribution is -0.118. The van der Waals surface area contributed by atoms with Gasteiger partial charge in [-0.15, -0.1) is 11.3 Å². The Bertz CT molecular complexity index is 642. The van der Waals surface area contributed by atoms with Gasteiger partial charge in [0.25, 0.3) is 0 Å². The molecule has 0 fully saturated rings.